The van der Waals surface area contributed by atoms with E-state index in [0.29, 0.717) is 12.1 Å². The van der Waals surface area contributed by atoms with Crippen molar-refractivity contribution in [3.05, 3.63) is 65.5 Å². The molecule has 0 spiro atoms. The number of aryl methyl sites for hydroxylation is 1. The van der Waals surface area contributed by atoms with Gasteiger partial charge in [-0.3, -0.25) is 4.79 Å². The maximum absolute atomic E-state index is 12.5. The van der Waals surface area contributed by atoms with Crippen molar-refractivity contribution >= 4 is 16.9 Å². The molecule has 0 radical (unpaired) electrons. The second-order valence-electron chi connectivity index (χ2n) is 5.20. The van der Waals surface area contributed by atoms with Crippen molar-refractivity contribution in [2.45, 2.75) is 13.5 Å². The van der Waals surface area contributed by atoms with Crippen LogP contribution in [-0.4, -0.2) is 27.8 Å². The molecular weight excluding hydrogens is 262 g/mol. The van der Waals surface area contributed by atoms with Crippen molar-refractivity contribution in [2.24, 2.45) is 0 Å². The number of fused-ring (bicyclic) bond motifs is 1. The first-order valence-electron chi connectivity index (χ1n) is 6.89. The van der Waals surface area contributed by atoms with Gasteiger partial charge in [0, 0.05) is 19.2 Å². The van der Waals surface area contributed by atoms with E-state index in [2.05, 4.69) is 9.97 Å². The standard InChI is InChI=1S/C17H17N3O/c1-12-18-15-9-8-14(10-16(15)19-12)17(21)20(2)11-13-6-4-3-5-7-13/h3-10H,11H2,1-2H3,(H,18,19). The number of hydrogen-bond acceptors (Lipinski definition) is 2. The highest BCUT2D eigenvalue weighted by atomic mass is 16.2. The van der Waals surface area contributed by atoms with Gasteiger partial charge in [0.05, 0.1) is 11.0 Å². The molecule has 1 N–H and O–H groups in total. The van der Waals surface area contributed by atoms with Crippen LogP contribution in [0.5, 0.6) is 0 Å². The average molecular weight is 279 g/mol. The number of carbonyl (C=O) groups is 1. The predicted octanol–water partition coefficient (Wildman–Crippen LogP) is 3.14. The summed E-state index contributed by atoms with van der Waals surface area (Å²) in [5.74, 6) is 0.861. The minimum atomic E-state index is 0.00741. The van der Waals surface area contributed by atoms with Gasteiger partial charge in [-0.15, -0.1) is 0 Å². The molecular formula is C17H17N3O. The Labute approximate surface area is 123 Å². The molecule has 3 rings (SSSR count). The number of aromatic nitrogens is 2. The van der Waals surface area contributed by atoms with Crippen LogP contribution in [0.15, 0.2) is 48.5 Å². The fraction of sp³-hybridized carbons (Fsp3) is 0.176. The molecule has 21 heavy (non-hydrogen) atoms. The van der Waals surface area contributed by atoms with Crippen LogP contribution in [0.1, 0.15) is 21.7 Å². The van der Waals surface area contributed by atoms with Crippen LogP contribution >= 0.6 is 0 Å². The van der Waals surface area contributed by atoms with Crippen molar-refractivity contribution in [1.29, 1.82) is 0 Å². The third-order valence-electron chi connectivity index (χ3n) is 3.46. The Kier molecular flexibility index (Phi) is 3.44. The SMILES string of the molecule is Cc1nc2ccc(C(=O)N(C)Cc3ccccc3)cc2[nH]1. The Bertz CT molecular complexity index is 777. The van der Waals surface area contributed by atoms with Crippen LogP contribution in [0, 0.1) is 6.92 Å². The quantitative estimate of drug-likeness (QED) is 0.800. The third kappa shape index (κ3) is 2.79. The highest BCUT2D eigenvalue weighted by Crippen LogP contribution is 2.15. The van der Waals surface area contributed by atoms with Gasteiger partial charge in [0.1, 0.15) is 5.82 Å². The summed E-state index contributed by atoms with van der Waals surface area (Å²) in [6.45, 7) is 2.50. The Hall–Kier alpha value is -2.62. The van der Waals surface area contributed by atoms with Gasteiger partial charge >= 0.3 is 0 Å². The van der Waals surface area contributed by atoms with E-state index in [1.807, 2.05) is 62.5 Å². The Morgan fingerprint density at radius 2 is 1.95 bits per heavy atom. The first kappa shape index (κ1) is 13.4. The van der Waals surface area contributed by atoms with Gasteiger partial charge in [-0.2, -0.15) is 0 Å². The number of benzene rings is 2. The van der Waals surface area contributed by atoms with Crippen molar-refractivity contribution < 1.29 is 4.79 Å². The zero-order chi connectivity index (χ0) is 14.8. The first-order valence-corrected chi connectivity index (χ1v) is 6.89. The molecule has 4 nitrogen and oxygen atoms in total. The van der Waals surface area contributed by atoms with E-state index in [9.17, 15) is 4.79 Å². The van der Waals surface area contributed by atoms with E-state index in [-0.39, 0.29) is 5.91 Å². The van der Waals surface area contributed by atoms with Gasteiger partial charge < -0.3 is 9.88 Å². The van der Waals surface area contributed by atoms with E-state index in [1.54, 1.807) is 4.90 Å². The predicted molar refractivity (Wildman–Crippen MR) is 83.1 cm³/mol. The second kappa shape index (κ2) is 5.40. The summed E-state index contributed by atoms with van der Waals surface area (Å²) in [6.07, 6.45) is 0. The van der Waals surface area contributed by atoms with E-state index < -0.39 is 0 Å². The zero-order valence-electron chi connectivity index (χ0n) is 12.1. The number of rotatable bonds is 3. The highest BCUT2D eigenvalue weighted by Gasteiger charge is 2.13. The van der Waals surface area contributed by atoms with Gasteiger partial charge in [0.15, 0.2) is 0 Å². The van der Waals surface area contributed by atoms with Crippen molar-refractivity contribution in [3.8, 4) is 0 Å². The summed E-state index contributed by atoms with van der Waals surface area (Å²) in [5, 5.41) is 0. The lowest BCUT2D eigenvalue weighted by Crippen LogP contribution is -2.26. The molecule has 3 aromatic rings. The summed E-state index contributed by atoms with van der Waals surface area (Å²) >= 11 is 0. The largest absolute Gasteiger partial charge is 0.342 e. The van der Waals surface area contributed by atoms with Crippen molar-refractivity contribution in [1.82, 2.24) is 14.9 Å². The number of aromatic amines is 1. The molecule has 106 valence electrons. The lowest BCUT2D eigenvalue weighted by molar-refractivity contribution is 0.0785. The minimum Gasteiger partial charge on any atom is -0.342 e. The molecule has 0 atom stereocenters. The molecule has 0 aliphatic rings. The van der Waals surface area contributed by atoms with Gasteiger partial charge in [-0.1, -0.05) is 30.3 Å². The van der Waals surface area contributed by atoms with E-state index in [1.165, 1.54) is 0 Å². The molecule has 1 amide bonds. The van der Waals surface area contributed by atoms with Crippen LogP contribution < -0.4 is 0 Å². The lowest BCUT2D eigenvalue weighted by atomic mass is 10.1. The molecule has 2 aromatic carbocycles. The van der Waals surface area contributed by atoms with Gasteiger partial charge in [0.2, 0.25) is 0 Å². The van der Waals surface area contributed by atoms with Crippen LogP contribution in [0.4, 0.5) is 0 Å². The number of nitrogens with one attached hydrogen (secondary N) is 1. The molecule has 4 heteroatoms. The summed E-state index contributed by atoms with van der Waals surface area (Å²) < 4.78 is 0. The number of carbonyl (C=O) groups excluding carboxylic acids is 1. The average Bonchev–Trinajstić information content (AvgIpc) is 2.86. The normalized spacial score (nSPS) is 10.8. The van der Waals surface area contributed by atoms with E-state index >= 15 is 0 Å². The summed E-state index contributed by atoms with van der Waals surface area (Å²) in [7, 11) is 1.82. The van der Waals surface area contributed by atoms with Crippen LogP contribution in [0.25, 0.3) is 11.0 Å². The van der Waals surface area contributed by atoms with Crippen LogP contribution in [0.2, 0.25) is 0 Å². The summed E-state index contributed by atoms with van der Waals surface area (Å²) in [4.78, 5) is 21.7. The molecule has 0 unspecified atom stereocenters. The molecule has 0 saturated carbocycles. The molecule has 0 bridgehead atoms. The maximum Gasteiger partial charge on any atom is 0.253 e. The Morgan fingerprint density at radius 1 is 1.19 bits per heavy atom. The minimum absolute atomic E-state index is 0.00741. The third-order valence-corrected chi connectivity index (χ3v) is 3.46. The second-order valence-corrected chi connectivity index (χ2v) is 5.20. The smallest absolute Gasteiger partial charge is 0.253 e. The van der Waals surface area contributed by atoms with Crippen LogP contribution in [-0.2, 0) is 6.54 Å². The fourth-order valence-electron chi connectivity index (χ4n) is 2.42. The summed E-state index contributed by atoms with van der Waals surface area (Å²) in [5.41, 5.74) is 3.57. The highest BCUT2D eigenvalue weighted by molar-refractivity contribution is 5.97. The first-order chi connectivity index (χ1) is 10.1. The topological polar surface area (TPSA) is 49.0 Å². The number of imidazole rings is 1. The number of H-pyrrole nitrogens is 1. The van der Waals surface area contributed by atoms with Gasteiger partial charge in [0.25, 0.3) is 5.91 Å². The Balaban J connectivity index is 1.82. The van der Waals surface area contributed by atoms with Gasteiger partial charge in [-0.05, 0) is 30.7 Å². The molecule has 0 saturated heterocycles. The van der Waals surface area contributed by atoms with E-state index in [4.69, 9.17) is 0 Å². The lowest BCUT2D eigenvalue weighted by Gasteiger charge is -2.17. The molecule has 0 aliphatic heterocycles. The van der Waals surface area contributed by atoms with E-state index in [0.717, 1.165) is 22.4 Å². The number of hydrogen-bond donors (Lipinski definition) is 1. The Morgan fingerprint density at radius 3 is 2.71 bits per heavy atom. The summed E-state index contributed by atoms with van der Waals surface area (Å²) in [6, 6.07) is 15.5. The zero-order valence-corrected chi connectivity index (χ0v) is 12.1. The number of nitrogens with zero attached hydrogens (tertiary/aromatic N) is 2. The van der Waals surface area contributed by atoms with Gasteiger partial charge in [-0.25, -0.2) is 4.98 Å². The maximum atomic E-state index is 12.5. The monoisotopic (exact) mass is 279 g/mol. The fourth-order valence-corrected chi connectivity index (χ4v) is 2.42. The van der Waals surface area contributed by atoms with Crippen molar-refractivity contribution in [2.75, 3.05) is 7.05 Å². The molecule has 1 heterocycles. The molecule has 1 aromatic heterocycles. The van der Waals surface area contributed by atoms with Crippen molar-refractivity contribution in [3.63, 3.8) is 0 Å². The molecule has 0 aliphatic carbocycles. The van der Waals surface area contributed by atoms with Crippen LogP contribution in [0.3, 0.4) is 0 Å². The number of amides is 1. The molecule has 0 fully saturated rings.